The highest BCUT2D eigenvalue weighted by atomic mass is 16.1. The van der Waals surface area contributed by atoms with Crippen molar-refractivity contribution in [2.45, 2.75) is 33.6 Å². The summed E-state index contributed by atoms with van der Waals surface area (Å²) in [4.78, 5) is 12.9. The molecule has 4 aromatic rings. The van der Waals surface area contributed by atoms with Crippen LogP contribution in [0.2, 0.25) is 0 Å². The molecule has 0 spiro atoms. The van der Waals surface area contributed by atoms with Crippen molar-refractivity contribution >= 4 is 23.0 Å². The number of benzene rings is 3. The van der Waals surface area contributed by atoms with Gasteiger partial charge in [0.05, 0.1) is 22.8 Å². The summed E-state index contributed by atoms with van der Waals surface area (Å²) in [6.07, 6.45) is 2.11. The fourth-order valence-corrected chi connectivity index (χ4v) is 3.86. The predicted molar refractivity (Wildman–Crippen MR) is 131 cm³/mol. The van der Waals surface area contributed by atoms with E-state index in [1.54, 1.807) is 0 Å². The maximum absolute atomic E-state index is 12.9. The Morgan fingerprint density at radius 3 is 2.22 bits per heavy atom. The molecular formula is C27H28N4O. The van der Waals surface area contributed by atoms with Gasteiger partial charge in [0.1, 0.15) is 0 Å². The van der Waals surface area contributed by atoms with Crippen molar-refractivity contribution in [1.29, 1.82) is 0 Å². The van der Waals surface area contributed by atoms with E-state index in [0.717, 1.165) is 47.0 Å². The molecule has 3 aromatic carbocycles. The van der Waals surface area contributed by atoms with Crippen LogP contribution < -0.4 is 10.6 Å². The molecule has 0 saturated heterocycles. The molecule has 1 heterocycles. The smallest absolute Gasteiger partial charge is 0.255 e. The lowest BCUT2D eigenvalue weighted by molar-refractivity contribution is 0.102. The van der Waals surface area contributed by atoms with E-state index in [1.165, 1.54) is 5.56 Å². The largest absolute Gasteiger partial charge is 0.354 e. The van der Waals surface area contributed by atoms with Gasteiger partial charge in [0, 0.05) is 16.9 Å². The molecular weight excluding hydrogens is 396 g/mol. The number of para-hydroxylation sites is 3. The SMILES string of the molecule is CCCc1c(C)nn(-c2ccc(C(=O)Nc3ccccc3Nc3ccccc3)cc2)c1C. The zero-order chi connectivity index (χ0) is 22.5. The molecule has 0 saturated carbocycles. The number of carbonyl (C=O) groups excluding carboxylic acids is 1. The van der Waals surface area contributed by atoms with Gasteiger partial charge < -0.3 is 10.6 Å². The Kier molecular flexibility index (Phi) is 6.36. The van der Waals surface area contributed by atoms with Gasteiger partial charge in [0.25, 0.3) is 5.91 Å². The summed E-state index contributed by atoms with van der Waals surface area (Å²) >= 11 is 0. The number of rotatable bonds is 7. The minimum absolute atomic E-state index is 0.154. The van der Waals surface area contributed by atoms with E-state index in [-0.39, 0.29) is 5.91 Å². The normalized spacial score (nSPS) is 10.7. The Balaban J connectivity index is 1.52. The van der Waals surface area contributed by atoms with Gasteiger partial charge in [0.2, 0.25) is 0 Å². The number of anilines is 3. The third-order valence-corrected chi connectivity index (χ3v) is 5.54. The van der Waals surface area contributed by atoms with Crippen molar-refractivity contribution in [2.24, 2.45) is 0 Å². The summed E-state index contributed by atoms with van der Waals surface area (Å²) in [7, 11) is 0. The van der Waals surface area contributed by atoms with Crippen LogP contribution in [0.4, 0.5) is 17.1 Å². The lowest BCUT2D eigenvalue weighted by Gasteiger charge is -2.13. The lowest BCUT2D eigenvalue weighted by Crippen LogP contribution is -2.13. The van der Waals surface area contributed by atoms with Crippen LogP contribution in [-0.4, -0.2) is 15.7 Å². The van der Waals surface area contributed by atoms with E-state index in [0.29, 0.717) is 5.56 Å². The number of nitrogens with one attached hydrogen (secondary N) is 2. The Labute approximate surface area is 189 Å². The van der Waals surface area contributed by atoms with Crippen LogP contribution in [0.3, 0.4) is 0 Å². The first-order valence-electron chi connectivity index (χ1n) is 10.9. The standard InChI is InChI=1S/C27H28N4O/c1-4-10-24-19(2)30-31(20(24)3)23-17-15-21(16-18-23)27(32)29-26-14-9-8-13-25(26)28-22-11-6-5-7-12-22/h5-9,11-18,28H,4,10H2,1-3H3,(H,29,32). The number of hydrogen-bond donors (Lipinski definition) is 2. The number of nitrogens with zero attached hydrogens (tertiary/aromatic N) is 2. The fraction of sp³-hybridized carbons (Fsp3) is 0.185. The minimum atomic E-state index is -0.154. The highest BCUT2D eigenvalue weighted by Gasteiger charge is 2.13. The molecule has 32 heavy (non-hydrogen) atoms. The van der Waals surface area contributed by atoms with E-state index < -0.39 is 0 Å². The molecule has 0 aliphatic heterocycles. The van der Waals surface area contributed by atoms with E-state index in [4.69, 9.17) is 5.10 Å². The topological polar surface area (TPSA) is 59.0 Å². The molecule has 0 bridgehead atoms. The van der Waals surface area contributed by atoms with Crippen molar-refractivity contribution in [3.63, 3.8) is 0 Å². The average Bonchev–Trinajstić information content (AvgIpc) is 3.10. The van der Waals surface area contributed by atoms with Gasteiger partial charge in [0.15, 0.2) is 0 Å². The molecule has 5 nitrogen and oxygen atoms in total. The van der Waals surface area contributed by atoms with Gasteiger partial charge in [-0.05, 0) is 74.4 Å². The zero-order valence-corrected chi connectivity index (χ0v) is 18.7. The van der Waals surface area contributed by atoms with E-state index in [9.17, 15) is 4.79 Å². The number of amides is 1. The molecule has 2 N–H and O–H groups in total. The average molecular weight is 425 g/mol. The summed E-state index contributed by atoms with van der Waals surface area (Å²) in [6.45, 7) is 6.33. The Hall–Kier alpha value is -3.86. The number of aromatic nitrogens is 2. The second-order valence-electron chi connectivity index (χ2n) is 7.85. The second kappa shape index (κ2) is 9.52. The summed E-state index contributed by atoms with van der Waals surface area (Å²) in [5.74, 6) is -0.154. The van der Waals surface area contributed by atoms with Crippen LogP contribution in [0.5, 0.6) is 0 Å². The zero-order valence-electron chi connectivity index (χ0n) is 18.7. The first kappa shape index (κ1) is 21.4. The molecule has 0 fully saturated rings. The van der Waals surface area contributed by atoms with Gasteiger partial charge in [-0.15, -0.1) is 0 Å². The van der Waals surface area contributed by atoms with E-state index >= 15 is 0 Å². The molecule has 0 atom stereocenters. The summed E-state index contributed by atoms with van der Waals surface area (Å²) in [5.41, 5.74) is 7.61. The minimum Gasteiger partial charge on any atom is -0.354 e. The van der Waals surface area contributed by atoms with E-state index in [2.05, 4.69) is 31.4 Å². The Morgan fingerprint density at radius 2 is 1.53 bits per heavy atom. The van der Waals surface area contributed by atoms with Crippen LogP contribution in [0, 0.1) is 13.8 Å². The molecule has 1 amide bonds. The second-order valence-corrected chi connectivity index (χ2v) is 7.85. The molecule has 0 radical (unpaired) electrons. The number of hydrogen-bond acceptors (Lipinski definition) is 3. The number of carbonyl (C=O) groups is 1. The Morgan fingerprint density at radius 1 is 0.875 bits per heavy atom. The summed E-state index contributed by atoms with van der Waals surface area (Å²) < 4.78 is 1.96. The molecule has 0 aliphatic rings. The monoisotopic (exact) mass is 424 g/mol. The fourth-order valence-electron chi connectivity index (χ4n) is 3.86. The lowest BCUT2D eigenvalue weighted by atomic mass is 10.1. The van der Waals surface area contributed by atoms with Gasteiger partial charge in [-0.2, -0.15) is 5.10 Å². The van der Waals surface area contributed by atoms with Crippen LogP contribution in [-0.2, 0) is 6.42 Å². The van der Waals surface area contributed by atoms with Crippen molar-refractivity contribution in [2.75, 3.05) is 10.6 Å². The number of aryl methyl sites for hydroxylation is 1. The molecule has 4 rings (SSSR count). The Bertz CT molecular complexity index is 1210. The molecule has 5 heteroatoms. The van der Waals surface area contributed by atoms with Crippen LogP contribution in [0.25, 0.3) is 5.69 Å². The highest BCUT2D eigenvalue weighted by Crippen LogP contribution is 2.26. The first-order valence-corrected chi connectivity index (χ1v) is 10.9. The first-order chi connectivity index (χ1) is 15.6. The van der Waals surface area contributed by atoms with Crippen LogP contribution in [0.15, 0.2) is 78.9 Å². The quantitative estimate of drug-likeness (QED) is 0.359. The van der Waals surface area contributed by atoms with E-state index in [1.807, 2.05) is 83.5 Å². The van der Waals surface area contributed by atoms with Gasteiger partial charge in [-0.1, -0.05) is 43.7 Å². The molecule has 162 valence electrons. The highest BCUT2D eigenvalue weighted by molar-refractivity contribution is 6.06. The molecule has 0 aliphatic carbocycles. The van der Waals surface area contributed by atoms with Crippen molar-refractivity contribution in [3.8, 4) is 5.69 Å². The predicted octanol–water partition coefficient (Wildman–Crippen LogP) is 6.44. The van der Waals surface area contributed by atoms with Gasteiger partial charge >= 0.3 is 0 Å². The molecule has 0 unspecified atom stereocenters. The van der Waals surface area contributed by atoms with Crippen LogP contribution >= 0.6 is 0 Å². The maximum atomic E-state index is 12.9. The third-order valence-electron chi connectivity index (χ3n) is 5.54. The van der Waals surface area contributed by atoms with Crippen LogP contribution in [0.1, 0.15) is 40.7 Å². The third kappa shape index (κ3) is 4.57. The summed E-state index contributed by atoms with van der Waals surface area (Å²) in [5, 5.41) is 11.1. The summed E-state index contributed by atoms with van der Waals surface area (Å²) in [6, 6.07) is 25.1. The molecule has 1 aromatic heterocycles. The van der Waals surface area contributed by atoms with Crippen molar-refractivity contribution < 1.29 is 4.79 Å². The van der Waals surface area contributed by atoms with Crippen molar-refractivity contribution in [3.05, 3.63) is 101 Å². The maximum Gasteiger partial charge on any atom is 0.255 e. The van der Waals surface area contributed by atoms with Gasteiger partial charge in [-0.25, -0.2) is 4.68 Å². The van der Waals surface area contributed by atoms with Gasteiger partial charge in [-0.3, -0.25) is 4.79 Å². The van der Waals surface area contributed by atoms with Crippen molar-refractivity contribution in [1.82, 2.24) is 9.78 Å².